The van der Waals surface area contributed by atoms with Crippen LogP contribution in [-0.2, 0) is 4.79 Å². The highest BCUT2D eigenvalue weighted by Gasteiger charge is 2.11. The van der Waals surface area contributed by atoms with Gasteiger partial charge in [-0.1, -0.05) is 20.8 Å². The Morgan fingerprint density at radius 3 is 2.30 bits per heavy atom. The van der Waals surface area contributed by atoms with Crippen LogP contribution < -0.4 is 0 Å². The molecule has 0 rings (SSSR count). The number of hydrogen-bond acceptors (Lipinski definition) is 2. The maximum atomic E-state index is 11.0. The third-order valence-corrected chi connectivity index (χ3v) is 1.55. The molecule has 0 aromatic rings. The first-order valence-electron chi connectivity index (χ1n) is 3.78. The summed E-state index contributed by atoms with van der Waals surface area (Å²) in [5.74, 6) is 0.204. The lowest BCUT2D eigenvalue weighted by Gasteiger charge is -2.07. The van der Waals surface area contributed by atoms with Gasteiger partial charge in [0, 0.05) is 12.3 Å². The van der Waals surface area contributed by atoms with Crippen molar-refractivity contribution in [2.24, 2.45) is 5.92 Å². The molecule has 2 heteroatoms. The maximum absolute atomic E-state index is 11.0. The molecular weight excluding hydrogens is 128 g/mol. The second-order valence-corrected chi connectivity index (χ2v) is 2.89. The summed E-state index contributed by atoms with van der Waals surface area (Å²) >= 11 is 0. The van der Waals surface area contributed by atoms with Crippen LogP contribution in [0.5, 0.6) is 0 Å². The number of aliphatic hydroxyl groups is 1. The van der Waals surface area contributed by atoms with Gasteiger partial charge in [-0.3, -0.25) is 4.79 Å². The first-order valence-corrected chi connectivity index (χ1v) is 3.78. The number of carbonyl (C=O) groups excluding carboxylic acids is 1. The van der Waals surface area contributed by atoms with Crippen molar-refractivity contribution < 1.29 is 9.90 Å². The van der Waals surface area contributed by atoms with Gasteiger partial charge < -0.3 is 5.11 Å². The fourth-order valence-electron chi connectivity index (χ4n) is 0.612. The van der Waals surface area contributed by atoms with Crippen molar-refractivity contribution in [1.82, 2.24) is 0 Å². The smallest absolute Gasteiger partial charge is 0.137 e. The Morgan fingerprint density at radius 1 is 1.50 bits per heavy atom. The van der Waals surface area contributed by atoms with Crippen LogP contribution in [-0.4, -0.2) is 17.0 Å². The lowest BCUT2D eigenvalue weighted by atomic mass is 10.0. The van der Waals surface area contributed by atoms with Crippen molar-refractivity contribution in [2.75, 3.05) is 0 Å². The van der Waals surface area contributed by atoms with E-state index < -0.39 is 6.10 Å². The number of carbonyl (C=O) groups is 1. The van der Waals surface area contributed by atoms with Gasteiger partial charge in [0.25, 0.3) is 0 Å². The lowest BCUT2D eigenvalue weighted by molar-refractivity contribution is -0.123. The summed E-state index contributed by atoms with van der Waals surface area (Å²) in [6, 6.07) is 0. The number of aliphatic hydroxyl groups excluding tert-OH is 1. The van der Waals surface area contributed by atoms with Crippen LogP contribution in [0.15, 0.2) is 0 Å². The van der Waals surface area contributed by atoms with Gasteiger partial charge in [-0.05, 0) is 6.42 Å². The van der Waals surface area contributed by atoms with Crippen LogP contribution in [0.2, 0.25) is 0 Å². The minimum atomic E-state index is -0.435. The highest BCUT2D eigenvalue weighted by atomic mass is 16.3. The minimum absolute atomic E-state index is 0.0567. The van der Waals surface area contributed by atoms with Crippen LogP contribution in [0.1, 0.15) is 33.6 Å². The zero-order valence-electron chi connectivity index (χ0n) is 6.92. The minimum Gasteiger partial charge on any atom is -0.393 e. The average molecular weight is 144 g/mol. The van der Waals surface area contributed by atoms with Crippen molar-refractivity contribution in [1.29, 1.82) is 0 Å². The molecular formula is C8H16O2. The van der Waals surface area contributed by atoms with Crippen LogP contribution in [0, 0.1) is 5.92 Å². The fourth-order valence-corrected chi connectivity index (χ4v) is 0.612. The summed E-state index contributed by atoms with van der Waals surface area (Å²) < 4.78 is 0. The second-order valence-electron chi connectivity index (χ2n) is 2.89. The Balaban J connectivity index is 3.57. The first-order chi connectivity index (χ1) is 4.57. The third kappa shape index (κ3) is 3.62. The molecule has 1 N–H and O–H groups in total. The molecule has 0 saturated heterocycles. The van der Waals surface area contributed by atoms with Gasteiger partial charge in [0.2, 0.25) is 0 Å². The van der Waals surface area contributed by atoms with Crippen molar-refractivity contribution in [3.8, 4) is 0 Å². The predicted molar refractivity (Wildman–Crippen MR) is 40.8 cm³/mol. The van der Waals surface area contributed by atoms with E-state index in [1.54, 1.807) is 0 Å². The molecule has 0 aromatic carbocycles. The normalized spacial score (nSPS) is 13.7. The Labute approximate surface area is 62.2 Å². The molecule has 60 valence electrons. The molecule has 0 fully saturated rings. The molecule has 0 saturated carbocycles. The molecule has 0 aromatic heterocycles. The van der Waals surface area contributed by atoms with E-state index >= 15 is 0 Å². The maximum Gasteiger partial charge on any atom is 0.137 e. The van der Waals surface area contributed by atoms with Crippen LogP contribution in [0.3, 0.4) is 0 Å². The van der Waals surface area contributed by atoms with Gasteiger partial charge in [0.05, 0.1) is 6.10 Å². The Bertz CT molecular complexity index is 108. The van der Waals surface area contributed by atoms with E-state index in [0.29, 0.717) is 12.8 Å². The number of rotatable bonds is 4. The predicted octanol–water partition coefficient (Wildman–Crippen LogP) is 1.37. The number of hydrogen-bond donors (Lipinski definition) is 1. The highest BCUT2D eigenvalue weighted by Crippen LogP contribution is 2.04. The summed E-state index contributed by atoms with van der Waals surface area (Å²) in [5, 5.41) is 9.06. The quantitative estimate of drug-likeness (QED) is 0.647. The molecule has 10 heavy (non-hydrogen) atoms. The van der Waals surface area contributed by atoms with Crippen LogP contribution >= 0.6 is 0 Å². The average Bonchev–Trinajstić information content (AvgIpc) is 1.87. The van der Waals surface area contributed by atoms with E-state index in [9.17, 15) is 4.79 Å². The first kappa shape index (κ1) is 9.63. The molecule has 0 aliphatic rings. The van der Waals surface area contributed by atoms with Gasteiger partial charge in [0.1, 0.15) is 5.78 Å². The number of Topliss-reactive ketones (excluding diaryl/α,β-unsaturated/α-hetero) is 1. The van der Waals surface area contributed by atoms with E-state index in [1.165, 1.54) is 0 Å². The van der Waals surface area contributed by atoms with Crippen LogP contribution in [0.25, 0.3) is 0 Å². The molecule has 2 nitrogen and oxygen atoms in total. The summed E-state index contributed by atoms with van der Waals surface area (Å²) in [6.45, 7) is 5.58. The Kier molecular flexibility index (Phi) is 4.28. The van der Waals surface area contributed by atoms with Gasteiger partial charge in [0.15, 0.2) is 0 Å². The number of ketones is 1. The van der Waals surface area contributed by atoms with Crippen molar-refractivity contribution in [3.05, 3.63) is 0 Å². The summed E-state index contributed by atoms with van der Waals surface area (Å²) in [4.78, 5) is 11.0. The summed E-state index contributed by atoms with van der Waals surface area (Å²) in [5.41, 5.74) is 0. The van der Waals surface area contributed by atoms with Crippen molar-refractivity contribution in [3.63, 3.8) is 0 Å². The van der Waals surface area contributed by atoms with Crippen molar-refractivity contribution >= 4 is 5.78 Å². The molecule has 0 unspecified atom stereocenters. The molecule has 0 amide bonds. The highest BCUT2D eigenvalue weighted by molar-refractivity contribution is 5.80. The van der Waals surface area contributed by atoms with E-state index in [0.717, 1.165) is 0 Å². The van der Waals surface area contributed by atoms with E-state index in [-0.39, 0.29) is 11.7 Å². The van der Waals surface area contributed by atoms with Gasteiger partial charge >= 0.3 is 0 Å². The summed E-state index contributed by atoms with van der Waals surface area (Å²) in [7, 11) is 0. The monoisotopic (exact) mass is 144 g/mol. The van der Waals surface area contributed by atoms with Crippen LogP contribution in [0.4, 0.5) is 0 Å². The van der Waals surface area contributed by atoms with E-state index in [1.807, 2.05) is 20.8 Å². The lowest BCUT2D eigenvalue weighted by Crippen LogP contribution is -2.16. The molecule has 0 aliphatic carbocycles. The molecule has 0 aliphatic heterocycles. The molecule has 0 spiro atoms. The van der Waals surface area contributed by atoms with Gasteiger partial charge in [-0.15, -0.1) is 0 Å². The zero-order valence-corrected chi connectivity index (χ0v) is 6.92. The standard InChI is InChI=1S/C8H16O2/c1-4-7(9)5-8(10)6(2)3/h6-7,9H,4-5H2,1-3H3/t7-/m0/s1. The third-order valence-electron chi connectivity index (χ3n) is 1.55. The summed E-state index contributed by atoms with van der Waals surface area (Å²) in [6.07, 6.45) is 0.544. The second kappa shape index (κ2) is 4.45. The topological polar surface area (TPSA) is 37.3 Å². The Hall–Kier alpha value is -0.370. The van der Waals surface area contributed by atoms with Gasteiger partial charge in [-0.2, -0.15) is 0 Å². The fraction of sp³-hybridized carbons (Fsp3) is 0.875. The SMILES string of the molecule is CC[C@H](O)CC(=O)C(C)C. The largest absolute Gasteiger partial charge is 0.393 e. The zero-order chi connectivity index (χ0) is 8.15. The Morgan fingerprint density at radius 2 is 2.00 bits per heavy atom. The molecule has 1 atom stereocenters. The van der Waals surface area contributed by atoms with E-state index in [2.05, 4.69) is 0 Å². The van der Waals surface area contributed by atoms with Gasteiger partial charge in [-0.25, -0.2) is 0 Å². The van der Waals surface area contributed by atoms with Crippen molar-refractivity contribution in [2.45, 2.75) is 39.7 Å². The molecule has 0 bridgehead atoms. The van der Waals surface area contributed by atoms with E-state index in [4.69, 9.17) is 5.11 Å². The molecule has 0 radical (unpaired) electrons. The molecule has 0 heterocycles.